The number of allylic oxidation sites excluding steroid dienone is 2. The highest BCUT2D eigenvalue weighted by Gasteiger charge is 1.94. The maximum absolute atomic E-state index is 5.23. The van der Waals surface area contributed by atoms with Crippen LogP contribution in [0.2, 0.25) is 0 Å². The minimum absolute atomic E-state index is 0.352. The molecule has 0 aromatic carbocycles. The van der Waals surface area contributed by atoms with Crippen LogP contribution in [-0.4, -0.2) is 18.3 Å². The monoisotopic (exact) mass is 213 g/mol. The second kappa shape index (κ2) is 6.60. The highest BCUT2D eigenvalue weighted by Crippen LogP contribution is 2.12. The topological polar surface area (TPSA) is 21.6 Å². The van der Waals surface area contributed by atoms with Crippen LogP contribution in [-0.2, 0) is 4.18 Å². The molecule has 0 amide bonds. The van der Waals surface area contributed by atoms with Crippen molar-refractivity contribution in [1.82, 2.24) is 0 Å². The first kappa shape index (κ1) is 13.2. The summed E-state index contributed by atoms with van der Waals surface area (Å²) in [6.07, 6.45) is 4.66. The van der Waals surface area contributed by atoms with Crippen LogP contribution in [0, 0.1) is 0 Å². The third kappa shape index (κ3) is 5.75. The molecule has 0 saturated carbocycles. The number of rotatable bonds is 5. The van der Waals surface area contributed by atoms with Gasteiger partial charge in [0.15, 0.2) is 0 Å². The minimum Gasteiger partial charge on any atom is -0.416 e. The van der Waals surface area contributed by atoms with Gasteiger partial charge in [-0.1, -0.05) is 12.5 Å². The molecule has 3 heteroatoms. The fourth-order valence-corrected chi connectivity index (χ4v) is 1.28. The van der Waals surface area contributed by atoms with Gasteiger partial charge in [0.25, 0.3) is 0 Å². The summed E-state index contributed by atoms with van der Waals surface area (Å²) in [5, 5.41) is 0. The summed E-state index contributed by atoms with van der Waals surface area (Å²) >= 11 is 0. The fourth-order valence-electron chi connectivity index (χ4n) is 0.910. The Morgan fingerprint density at radius 3 is 2.43 bits per heavy atom. The van der Waals surface area contributed by atoms with Gasteiger partial charge in [-0.05, 0) is 49.1 Å². The first-order valence-electron chi connectivity index (χ1n) is 4.50. The van der Waals surface area contributed by atoms with E-state index in [1.165, 1.54) is 11.1 Å². The zero-order valence-electron chi connectivity index (χ0n) is 9.46. The van der Waals surface area contributed by atoms with Crippen LogP contribution in [0.3, 0.4) is 0 Å². The van der Waals surface area contributed by atoms with E-state index in [4.69, 9.17) is 4.18 Å². The van der Waals surface area contributed by atoms with Crippen LogP contribution < -0.4 is 0 Å². The molecule has 80 valence electrons. The smallest absolute Gasteiger partial charge is 0.219 e. The molecule has 1 unspecified atom stereocenters. The predicted molar refractivity (Wildman–Crippen MR) is 68.0 cm³/mol. The molecule has 0 fully saturated rings. The van der Waals surface area contributed by atoms with Gasteiger partial charge in [-0.2, -0.15) is 0 Å². The van der Waals surface area contributed by atoms with Crippen LogP contribution in [0.1, 0.15) is 27.2 Å². The van der Waals surface area contributed by atoms with E-state index in [2.05, 4.69) is 38.2 Å². The predicted octanol–water partition coefficient (Wildman–Crippen LogP) is 3.54. The quantitative estimate of drug-likeness (QED) is 0.389. The molecule has 0 saturated heterocycles. The molecule has 2 nitrogen and oxygen atoms in total. The Hall–Kier alpha value is -0.830. The van der Waals surface area contributed by atoms with Gasteiger partial charge in [-0.15, -0.1) is 0 Å². The second-order valence-corrected chi connectivity index (χ2v) is 4.50. The van der Waals surface area contributed by atoms with Gasteiger partial charge >= 0.3 is 0 Å². The van der Waals surface area contributed by atoms with Gasteiger partial charge in [0.1, 0.15) is 0 Å². The summed E-state index contributed by atoms with van der Waals surface area (Å²) in [6.45, 7) is 9.92. The van der Waals surface area contributed by atoms with E-state index in [0.717, 1.165) is 6.42 Å². The zero-order valence-corrected chi connectivity index (χ0v) is 10.3. The highest BCUT2D eigenvalue weighted by atomic mass is 32.2. The third-order valence-electron chi connectivity index (χ3n) is 1.63. The Bertz CT molecular complexity index is 286. The van der Waals surface area contributed by atoms with E-state index in [0.29, 0.717) is 5.88 Å². The van der Waals surface area contributed by atoms with Gasteiger partial charge in [0.05, 0.1) is 0 Å². The standard InChI is InChI=1S/C11H19NOS/c1-7-11(9(2)3)8-12-10(4)13-14(5)6/h8H,4-5,7H2,1-3,6H3/b12-8+. The summed E-state index contributed by atoms with van der Waals surface area (Å²) in [5.74, 6) is 4.15. The lowest BCUT2D eigenvalue weighted by molar-refractivity contribution is 0.497. The Labute approximate surface area is 89.5 Å². The third-order valence-corrected chi connectivity index (χ3v) is 2.10. The summed E-state index contributed by atoms with van der Waals surface area (Å²) in [5.41, 5.74) is 2.49. The summed E-state index contributed by atoms with van der Waals surface area (Å²) in [7, 11) is -0.352. The van der Waals surface area contributed by atoms with Gasteiger partial charge in [-0.3, -0.25) is 0 Å². The van der Waals surface area contributed by atoms with E-state index in [1.54, 1.807) is 0 Å². The summed E-state index contributed by atoms with van der Waals surface area (Å²) in [4.78, 5) is 4.12. The van der Waals surface area contributed by atoms with Crippen molar-refractivity contribution in [2.75, 3.05) is 6.26 Å². The number of hydrogen-bond donors (Lipinski definition) is 0. The molecular formula is C11H19NOS. The van der Waals surface area contributed by atoms with E-state index in [1.807, 2.05) is 12.5 Å². The lowest BCUT2D eigenvalue weighted by Crippen LogP contribution is -1.88. The molecular weight excluding hydrogens is 194 g/mol. The fraction of sp³-hybridized carbons (Fsp3) is 0.455. The first-order valence-corrected chi connectivity index (χ1v) is 6.23. The van der Waals surface area contributed by atoms with Gasteiger partial charge in [0, 0.05) is 12.5 Å². The molecule has 0 radical (unpaired) electrons. The molecule has 14 heavy (non-hydrogen) atoms. The van der Waals surface area contributed by atoms with Crippen molar-refractivity contribution in [3.63, 3.8) is 0 Å². The van der Waals surface area contributed by atoms with Gasteiger partial charge in [0.2, 0.25) is 5.88 Å². The molecule has 0 aliphatic rings. The van der Waals surface area contributed by atoms with Gasteiger partial charge < -0.3 is 4.18 Å². The number of hydrogen-bond acceptors (Lipinski definition) is 2. The molecule has 0 heterocycles. The van der Waals surface area contributed by atoms with E-state index < -0.39 is 0 Å². The van der Waals surface area contributed by atoms with Crippen LogP contribution >= 0.6 is 10.8 Å². The van der Waals surface area contributed by atoms with Crippen molar-refractivity contribution < 1.29 is 4.18 Å². The molecule has 0 rings (SSSR count). The Morgan fingerprint density at radius 1 is 1.50 bits per heavy atom. The van der Waals surface area contributed by atoms with E-state index in [-0.39, 0.29) is 10.8 Å². The van der Waals surface area contributed by atoms with Gasteiger partial charge in [-0.25, -0.2) is 4.99 Å². The maximum atomic E-state index is 5.23. The van der Waals surface area contributed by atoms with Crippen molar-refractivity contribution in [2.24, 2.45) is 4.99 Å². The Kier molecular flexibility index (Phi) is 6.21. The first-order chi connectivity index (χ1) is 6.47. The molecule has 0 N–H and O–H groups in total. The van der Waals surface area contributed by atoms with Crippen molar-refractivity contribution in [1.29, 1.82) is 0 Å². The molecule has 0 bridgehead atoms. The van der Waals surface area contributed by atoms with Crippen molar-refractivity contribution >= 4 is 22.8 Å². The normalized spacial score (nSPS) is 12.6. The SMILES string of the molecule is C=C(/N=C/C(CC)=C(C)C)OS(=C)C. The summed E-state index contributed by atoms with van der Waals surface area (Å²) in [6, 6.07) is 0. The average Bonchev–Trinajstić information content (AvgIpc) is 2.03. The largest absolute Gasteiger partial charge is 0.416 e. The minimum atomic E-state index is -0.352. The molecule has 0 spiro atoms. The van der Waals surface area contributed by atoms with E-state index >= 15 is 0 Å². The molecule has 0 aromatic heterocycles. The Balaban J connectivity index is 4.36. The second-order valence-electron chi connectivity index (χ2n) is 3.19. The van der Waals surface area contributed by atoms with Crippen LogP contribution in [0.25, 0.3) is 0 Å². The van der Waals surface area contributed by atoms with Crippen LogP contribution in [0.5, 0.6) is 0 Å². The van der Waals surface area contributed by atoms with Crippen LogP contribution in [0.15, 0.2) is 28.6 Å². The molecule has 0 aromatic rings. The summed E-state index contributed by atoms with van der Waals surface area (Å²) < 4.78 is 5.23. The Morgan fingerprint density at radius 2 is 2.07 bits per heavy atom. The maximum Gasteiger partial charge on any atom is 0.219 e. The molecule has 0 aliphatic heterocycles. The lowest BCUT2D eigenvalue weighted by atomic mass is 10.1. The van der Waals surface area contributed by atoms with Crippen LogP contribution in [0.4, 0.5) is 0 Å². The number of aliphatic imine (C=N–C) groups is 1. The number of nitrogens with zero attached hydrogens (tertiary/aromatic N) is 1. The van der Waals surface area contributed by atoms with Crippen molar-refractivity contribution in [3.8, 4) is 0 Å². The van der Waals surface area contributed by atoms with Crippen molar-refractivity contribution in [2.45, 2.75) is 27.2 Å². The molecule has 1 atom stereocenters. The average molecular weight is 213 g/mol. The highest BCUT2D eigenvalue weighted by molar-refractivity contribution is 8.09. The lowest BCUT2D eigenvalue weighted by Gasteiger charge is -2.03. The van der Waals surface area contributed by atoms with E-state index in [9.17, 15) is 0 Å². The van der Waals surface area contributed by atoms with Crippen molar-refractivity contribution in [3.05, 3.63) is 23.6 Å². The molecule has 0 aliphatic carbocycles. The zero-order chi connectivity index (χ0) is 11.1.